The molecule has 0 amide bonds. The maximum absolute atomic E-state index is 4.46. The summed E-state index contributed by atoms with van der Waals surface area (Å²) in [4.78, 5) is 4.46. The van der Waals surface area contributed by atoms with Crippen molar-refractivity contribution in [2.24, 2.45) is 5.92 Å². The second-order valence-corrected chi connectivity index (χ2v) is 4.73. The zero-order valence-electron chi connectivity index (χ0n) is 11.0. The first kappa shape index (κ1) is 13.2. The van der Waals surface area contributed by atoms with E-state index in [-0.39, 0.29) is 0 Å². The Kier molecular flexibility index (Phi) is 5.47. The summed E-state index contributed by atoms with van der Waals surface area (Å²) >= 11 is 0. The van der Waals surface area contributed by atoms with Crippen LogP contribution in [-0.4, -0.2) is 12.0 Å². The Labute approximate surface area is 99.5 Å². The van der Waals surface area contributed by atoms with Crippen LogP contribution in [-0.2, 0) is 0 Å². The molecule has 0 aliphatic rings. The van der Waals surface area contributed by atoms with Crippen LogP contribution in [0.2, 0.25) is 0 Å². The van der Waals surface area contributed by atoms with Crippen LogP contribution in [0.4, 0.5) is 0 Å². The van der Waals surface area contributed by atoms with Crippen LogP contribution in [0.15, 0.2) is 18.3 Å². The van der Waals surface area contributed by atoms with Crippen LogP contribution in [0, 0.1) is 12.8 Å². The summed E-state index contributed by atoms with van der Waals surface area (Å²) in [5, 5.41) is 3.37. The molecule has 2 heteroatoms. The van der Waals surface area contributed by atoms with Gasteiger partial charge in [-0.05, 0) is 44.0 Å². The van der Waals surface area contributed by atoms with E-state index in [0.29, 0.717) is 6.04 Å². The number of aryl methyl sites for hydroxylation is 1. The van der Waals surface area contributed by atoms with Crippen molar-refractivity contribution in [2.45, 2.75) is 46.1 Å². The van der Waals surface area contributed by atoms with Crippen LogP contribution in [0.3, 0.4) is 0 Å². The van der Waals surface area contributed by atoms with Gasteiger partial charge >= 0.3 is 0 Å². The highest BCUT2D eigenvalue weighted by Gasteiger charge is 2.14. The van der Waals surface area contributed by atoms with Crippen molar-refractivity contribution >= 4 is 0 Å². The molecule has 0 saturated carbocycles. The first-order valence-electron chi connectivity index (χ1n) is 6.27. The van der Waals surface area contributed by atoms with E-state index in [1.165, 1.54) is 30.5 Å². The van der Waals surface area contributed by atoms with Crippen LogP contribution < -0.4 is 5.32 Å². The van der Waals surface area contributed by atoms with Crippen LogP contribution in [0.1, 0.15) is 50.4 Å². The third-order valence-corrected chi connectivity index (χ3v) is 3.06. The van der Waals surface area contributed by atoms with Gasteiger partial charge in [-0.3, -0.25) is 4.98 Å². The highest BCUT2D eigenvalue weighted by molar-refractivity contribution is 5.17. The summed E-state index contributed by atoms with van der Waals surface area (Å²) in [7, 11) is 2.02. The smallest absolute Gasteiger partial charge is 0.0575 e. The Morgan fingerprint density at radius 1 is 1.44 bits per heavy atom. The second kappa shape index (κ2) is 6.64. The molecule has 16 heavy (non-hydrogen) atoms. The number of rotatable bonds is 6. The summed E-state index contributed by atoms with van der Waals surface area (Å²) in [6.45, 7) is 6.69. The minimum absolute atomic E-state index is 0.390. The van der Waals surface area contributed by atoms with Gasteiger partial charge in [-0.1, -0.05) is 26.7 Å². The van der Waals surface area contributed by atoms with E-state index < -0.39 is 0 Å². The normalized spacial score (nSPS) is 14.8. The number of aromatic nitrogens is 1. The number of nitrogens with one attached hydrogen (secondary N) is 1. The molecule has 90 valence electrons. The molecule has 0 fully saturated rings. The lowest BCUT2D eigenvalue weighted by atomic mass is 9.95. The van der Waals surface area contributed by atoms with E-state index in [1.54, 1.807) is 0 Å². The van der Waals surface area contributed by atoms with Crippen molar-refractivity contribution in [2.75, 3.05) is 7.05 Å². The van der Waals surface area contributed by atoms with Gasteiger partial charge in [0.25, 0.3) is 0 Å². The minimum atomic E-state index is 0.390. The summed E-state index contributed by atoms with van der Waals surface area (Å²) in [5.74, 6) is 0.754. The fraction of sp³-hybridized carbons (Fsp3) is 0.643. The second-order valence-electron chi connectivity index (χ2n) is 4.73. The van der Waals surface area contributed by atoms with Gasteiger partial charge in [0.05, 0.1) is 5.69 Å². The largest absolute Gasteiger partial charge is 0.312 e. The maximum atomic E-state index is 4.46. The van der Waals surface area contributed by atoms with Gasteiger partial charge in [0.1, 0.15) is 0 Å². The molecule has 2 atom stereocenters. The topological polar surface area (TPSA) is 24.9 Å². The Morgan fingerprint density at radius 3 is 2.75 bits per heavy atom. The summed E-state index contributed by atoms with van der Waals surface area (Å²) in [6.07, 6.45) is 5.63. The van der Waals surface area contributed by atoms with E-state index in [4.69, 9.17) is 0 Å². The van der Waals surface area contributed by atoms with E-state index in [9.17, 15) is 0 Å². The van der Waals surface area contributed by atoms with Crippen molar-refractivity contribution in [1.82, 2.24) is 10.3 Å². The molecule has 0 spiro atoms. The standard InChI is InChI=1S/C14H24N2/c1-5-6-11(2)9-13(15-4)14-10-12(3)7-8-16-14/h7-8,10-11,13,15H,5-6,9H2,1-4H3. The predicted molar refractivity (Wildman–Crippen MR) is 69.5 cm³/mol. The van der Waals surface area contributed by atoms with Crippen molar-refractivity contribution in [3.8, 4) is 0 Å². The van der Waals surface area contributed by atoms with Gasteiger partial charge < -0.3 is 5.32 Å². The Morgan fingerprint density at radius 2 is 2.19 bits per heavy atom. The van der Waals surface area contributed by atoms with Gasteiger partial charge in [0.2, 0.25) is 0 Å². The Hall–Kier alpha value is -0.890. The van der Waals surface area contributed by atoms with Crippen molar-refractivity contribution in [1.29, 1.82) is 0 Å². The Balaban J connectivity index is 2.67. The SMILES string of the molecule is CCCC(C)CC(NC)c1cc(C)ccn1. The molecular formula is C14H24N2. The first-order chi connectivity index (χ1) is 7.67. The fourth-order valence-corrected chi connectivity index (χ4v) is 2.15. The van der Waals surface area contributed by atoms with Gasteiger partial charge in [-0.25, -0.2) is 0 Å². The molecule has 1 N–H and O–H groups in total. The van der Waals surface area contributed by atoms with Crippen molar-refractivity contribution in [3.63, 3.8) is 0 Å². The lowest BCUT2D eigenvalue weighted by Gasteiger charge is -2.20. The number of nitrogens with zero attached hydrogens (tertiary/aromatic N) is 1. The summed E-state index contributed by atoms with van der Waals surface area (Å²) in [5.41, 5.74) is 2.46. The summed E-state index contributed by atoms with van der Waals surface area (Å²) in [6, 6.07) is 4.62. The highest BCUT2D eigenvalue weighted by Crippen LogP contribution is 2.22. The molecule has 0 aromatic carbocycles. The molecule has 0 radical (unpaired) electrons. The van der Waals surface area contributed by atoms with Gasteiger partial charge in [0, 0.05) is 12.2 Å². The number of pyridine rings is 1. The number of hydrogen-bond donors (Lipinski definition) is 1. The van der Waals surface area contributed by atoms with E-state index in [0.717, 1.165) is 5.92 Å². The third-order valence-electron chi connectivity index (χ3n) is 3.06. The first-order valence-corrected chi connectivity index (χ1v) is 6.27. The van der Waals surface area contributed by atoms with Crippen LogP contribution >= 0.6 is 0 Å². The van der Waals surface area contributed by atoms with E-state index in [1.807, 2.05) is 19.3 Å². The third kappa shape index (κ3) is 3.93. The molecule has 0 aliphatic carbocycles. The molecule has 0 saturated heterocycles. The van der Waals surface area contributed by atoms with Gasteiger partial charge in [-0.2, -0.15) is 0 Å². The highest BCUT2D eigenvalue weighted by atomic mass is 14.9. The molecule has 1 heterocycles. The molecule has 0 aliphatic heterocycles. The van der Waals surface area contributed by atoms with Gasteiger partial charge in [-0.15, -0.1) is 0 Å². The van der Waals surface area contributed by atoms with Crippen molar-refractivity contribution < 1.29 is 0 Å². The minimum Gasteiger partial charge on any atom is -0.312 e. The lowest BCUT2D eigenvalue weighted by molar-refractivity contribution is 0.401. The molecule has 1 aromatic rings. The van der Waals surface area contributed by atoms with E-state index in [2.05, 4.69) is 37.1 Å². The monoisotopic (exact) mass is 220 g/mol. The van der Waals surface area contributed by atoms with Crippen LogP contribution in [0.5, 0.6) is 0 Å². The van der Waals surface area contributed by atoms with E-state index >= 15 is 0 Å². The molecule has 0 bridgehead atoms. The van der Waals surface area contributed by atoms with Crippen LogP contribution in [0.25, 0.3) is 0 Å². The molecule has 2 unspecified atom stereocenters. The average Bonchev–Trinajstić information content (AvgIpc) is 2.26. The Bertz CT molecular complexity index is 309. The predicted octanol–water partition coefficient (Wildman–Crippen LogP) is 3.48. The molecule has 1 rings (SSSR count). The lowest BCUT2D eigenvalue weighted by Crippen LogP contribution is -2.20. The maximum Gasteiger partial charge on any atom is 0.0575 e. The zero-order valence-corrected chi connectivity index (χ0v) is 11.0. The quantitative estimate of drug-likeness (QED) is 0.794. The molecule has 2 nitrogen and oxygen atoms in total. The zero-order chi connectivity index (χ0) is 12.0. The number of hydrogen-bond acceptors (Lipinski definition) is 2. The average molecular weight is 220 g/mol. The molecule has 1 aromatic heterocycles. The summed E-state index contributed by atoms with van der Waals surface area (Å²) < 4.78 is 0. The fourth-order valence-electron chi connectivity index (χ4n) is 2.15. The van der Waals surface area contributed by atoms with Crippen molar-refractivity contribution in [3.05, 3.63) is 29.6 Å². The molecular weight excluding hydrogens is 196 g/mol. The van der Waals surface area contributed by atoms with Gasteiger partial charge in [0.15, 0.2) is 0 Å².